The van der Waals surface area contributed by atoms with Crippen molar-refractivity contribution in [3.8, 4) is 0 Å². The van der Waals surface area contributed by atoms with E-state index >= 15 is 0 Å². The highest BCUT2D eigenvalue weighted by molar-refractivity contribution is 6.00. The fraction of sp³-hybridized carbons (Fsp3) is 0.364. The van der Waals surface area contributed by atoms with Crippen LogP contribution in [0.3, 0.4) is 0 Å². The van der Waals surface area contributed by atoms with Crippen molar-refractivity contribution in [2.75, 3.05) is 18.5 Å². The summed E-state index contributed by atoms with van der Waals surface area (Å²) in [5.74, 6) is -0.168. The zero-order valence-electron chi connectivity index (χ0n) is 9.56. The molecule has 1 aromatic rings. The summed E-state index contributed by atoms with van der Waals surface area (Å²) in [6.07, 6.45) is 0. The van der Waals surface area contributed by atoms with Gasteiger partial charge in [0.1, 0.15) is 0 Å². The molecule has 0 N–H and O–H groups in total. The van der Waals surface area contributed by atoms with Crippen LogP contribution in [0.1, 0.15) is 24.2 Å². The SMILES string of the molecule is CCN(C)c1ccc([N+](=O)[O-])cc1C(C)=O. The van der Waals surface area contributed by atoms with Crippen molar-refractivity contribution in [1.82, 2.24) is 0 Å². The van der Waals surface area contributed by atoms with E-state index in [1.54, 1.807) is 6.07 Å². The fourth-order valence-electron chi connectivity index (χ4n) is 1.42. The number of Topliss-reactive ketones (excluding diaryl/α,β-unsaturated/α-hetero) is 1. The standard InChI is InChI=1S/C11H14N2O3/c1-4-12(3)11-6-5-9(13(15)16)7-10(11)8(2)14/h5-7H,4H2,1-3H3. The maximum Gasteiger partial charge on any atom is 0.270 e. The van der Waals surface area contributed by atoms with Gasteiger partial charge >= 0.3 is 0 Å². The second-order valence-electron chi connectivity index (χ2n) is 3.53. The molecule has 0 saturated carbocycles. The van der Waals surface area contributed by atoms with Gasteiger partial charge in [-0.15, -0.1) is 0 Å². The lowest BCUT2D eigenvalue weighted by Gasteiger charge is -2.19. The van der Waals surface area contributed by atoms with Crippen LogP contribution < -0.4 is 4.90 Å². The smallest absolute Gasteiger partial charge is 0.270 e. The number of nitro benzene ring substituents is 1. The number of ketones is 1. The number of nitrogens with zero attached hydrogens (tertiary/aromatic N) is 2. The molecule has 0 fully saturated rings. The van der Waals surface area contributed by atoms with Crippen LogP contribution in [0.5, 0.6) is 0 Å². The molecule has 1 aromatic carbocycles. The zero-order valence-corrected chi connectivity index (χ0v) is 9.56. The van der Waals surface area contributed by atoms with E-state index in [4.69, 9.17) is 0 Å². The van der Waals surface area contributed by atoms with Gasteiger partial charge in [0.05, 0.1) is 4.92 Å². The normalized spacial score (nSPS) is 9.94. The predicted octanol–water partition coefficient (Wildman–Crippen LogP) is 2.25. The average molecular weight is 222 g/mol. The van der Waals surface area contributed by atoms with Crippen molar-refractivity contribution >= 4 is 17.2 Å². The first-order chi connectivity index (χ1) is 7.47. The molecular weight excluding hydrogens is 208 g/mol. The van der Waals surface area contributed by atoms with Crippen LogP contribution in [0.25, 0.3) is 0 Å². The Morgan fingerprint density at radius 1 is 1.50 bits per heavy atom. The molecule has 1 rings (SSSR count). The summed E-state index contributed by atoms with van der Waals surface area (Å²) in [6, 6.07) is 4.34. The Kier molecular flexibility index (Phi) is 3.60. The molecule has 86 valence electrons. The Morgan fingerprint density at radius 3 is 2.56 bits per heavy atom. The van der Waals surface area contributed by atoms with Crippen LogP contribution in [0.4, 0.5) is 11.4 Å². The lowest BCUT2D eigenvalue weighted by Crippen LogP contribution is -2.18. The first kappa shape index (κ1) is 12.2. The van der Waals surface area contributed by atoms with E-state index in [2.05, 4.69) is 0 Å². The molecule has 0 aliphatic rings. The molecule has 0 unspecified atom stereocenters. The van der Waals surface area contributed by atoms with E-state index in [-0.39, 0.29) is 11.5 Å². The van der Waals surface area contributed by atoms with Crippen LogP contribution in [0.15, 0.2) is 18.2 Å². The first-order valence-electron chi connectivity index (χ1n) is 4.98. The third kappa shape index (κ3) is 2.36. The number of hydrogen-bond acceptors (Lipinski definition) is 4. The van der Waals surface area contributed by atoms with E-state index in [0.29, 0.717) is 5.56 Å². The second kappa shape index (κ2) is 4.74. The molecule has 0 saturated heterocycles. The summed E-state index contributed by atoms with van der Waals surface area (Å²) in [5, 5.41) is 10.6. The molecule has 16 heavy (non-hydrogen) atoms. The number of hydrogen-bond donors (Lipinski definition) is 0. The van der Waals surface area contributed by atoms with E-state index in [0.717, 1.165) is 12.2 Å². The number of benzene rings is 1. The number of non-ortho nitro benzene ring substituents is 1. The van der Waals surface area contributed by atoms with Crippen LogP contribution in [-0.4, -0.2) is 24.3 Å². The molecule has 0 aliphatic carbocycles. The highest BCUT2D eigenvalue weighted by Crippen LogP contribution is 2.25. The Labute approximate surface area is 93.8 Å². The third-order valence-corrected chi connectivity index (χ3v) is 2.46. The Balaban J connectivity index is 3.30. The number of carbonyl (C=O) groups is 1. The quantitative estimate of drug-likeness (QED) is 0.445. The van der Waals surface area contributed by atoms with Crippen molar-refractivity contribution in [3.05, 3.63) is 33.9 Å². The summed E-state index contributed by atoms with van der Waals surface area (Å²) >= 11 is 0. The lowest BCUT2D eigenvalue weighted by molar-refractivity contribution is -0.384. The van der Waals surface area contributed by atoms with Crippen LogP contribution in [0, 0.1) is 10.1 Å². The molecule has 0 aromatic heterocycles. The molecule has 0 radical (unpaired) electrons. The van der Waals surface area contributed by atoms with Gasteiger partial charge in [-0.3, -0.25) is 14.9 Å². The van der Waals surface area contributed by atoms with Gasteiger partial charge in [0.15, 0.2) is 5.78 Å². The van der Waals surface area contributed by atoms with Crippen molar-refractivity contribution in [2.24, 2.45) is 0 Å². The highest BCUT2D eigenvalue weighted by atomic mass is 16.6. The summed E-state index contributed by atoms with van der Waals surface area (Å²) in [7, 11) is 1.84. The first-order valence-corrected chi connectivity index (χ1v) is 4.98. The van der Waals surface area contributed by atoms with Gasteiger partial charge in [0, 0.05) is 37.0 Å². The van der Waals surface area contributed by atoms with Crippen molar-refractivity contribution in [2.45, 2.75) is 13.8 Å². The van der Waals surface area contributed by atoms with Gasteiger partial charge in [-0.05, 0) is 19.9 Å². The molecule has 5 heteroatoms. The van der Waals surface area contributed by atoms with Crippen molar-refractivity contribution < 1.29 is 9.72 Å². The summed E-state index contributed by atoms with van der Waals surface area (Å²) in [4.78, 5) is 23.4. The van der Waals surface area contributed by atoms with E-state index < -0.39 is 4.92 Å². The van der Waals surface area contributed by atoms with Gasteiger partial charge in [0.2, 0.25) is 0 Å². The number of carbonyl (C=O) groups excluding carboxylic acids is 1. The van der Waals surface area contributed by atoms with E-state index in [1.807, 2.05) is 18.9 Å². The van der Waals surface area contributed by atoms with Crippen molar-refractivity contribution in [1.29, 1.82) is 0 Å². The van der Waals surface area contributed by atoms with Crippen molar-refractivity contribution in [3.63, 3.8) is 0 Å². The number of anilines is 1. The van der Waals surface area contributed by atoms with Crippen LogP contribution in [0.2, 0.25) is 0 Å². The number of rotatable bonds is 4. The van der Waals surface area contributed by atoms with Gasteiger partial charge in [-0.25, -0.2) is 0 Å². The largest absolute Gasteiger partial charge is 0.374 e. The van der Waals surface area contributed by atoms with Gasteiger partial charge < -0.3 is 4.90 Å². The molecule has 0 amide bonds. The number of nitro groups is 1. The summed E-state index contributed by atoms with van der Waals surface area (Å²) in [5.41, 5.74) is 1.05. The average Bonchev–Trinajstić information content (AvgIpc) is 2.26. The minimum Gasteiger partial charge on any atom is -0.374 e. The lowest BCUT2D eigenvalue weighted by atomic mass is 10.1. The Hall–Kier alpha value is -1.91. The molecule has 0 bridgehead atoms. The minimum atomic E-state index is -0.498. The predicted molar refractivity (Wildman–Crippen MR) is 62.0 cm³/mol. The van der Waals surface area contributed by atoms with Gasteiger partial charge in [0.25, 0.3) is 5.69 Å². The molecule has 0 aliphatic heterocycles. The molecule has 5 nitrogen and oxygen atoms in total. The fourth-order valence-corrected chi connectivity index (χ4v) is 1.42. The topological polar surface area (TPSA) is 63.4 Å². The molecule has 0 heterocycles. The molecular formula is C11H14N2O3. The Bertz CT molecular complexity index is 429. The molecule has 0 spiro atoms. The van der Waals surface area contributed by atoms with E-state index in [9.17, 15) is 14.9 Å². The van der Waals surface area contributed by atoms with E-state index in [1.165, 1.54) is 19.1 Å². The zero-order chi connectivity index (χ0) is 12.3. The van der Waals surface area contributed by atoms with Crippen LogP contribution in [-0.2, 0) is 0 Å². The van der Waals surface area contributed by atoms with Gasteiger partial charge in [-0.1, -0.05) is 0 Å². The van der Waals surface area contributed by atoms with Gasteiger partial charge in [-0.2, -0.15) is 0 Å². The Morgan fingerprint density at radius 2 is 2.12 bits per heavy atom. The highest BCUT2D eigenvalue weighted by Gasteiger charge is 2.15. The summed E-state index contributed by atoms with van der Waals surface area (Å²) in [6.45, 7) is 4.09. The third-order valence-electron chi connectivity index (χ3n) is 2.46. The summed E-state index contributed by atoms with van der Waals surface area (Å²) < 4.78 is 0. The second-order valence-corrected chi connectivity index (χ2v) is 3.53. The monoisotopic (exact) mass is 222 g/mol. The van der Waals surface area contributed by atoms with Crippen LogP contribution >= 0.6 is 0 Å². The minimum absolute atomic E-state index is 0.0570. The molecule has 0 atom stereocenters. The maximum absolute atomic E-state index is 11.4. The maximum atomic E-state index is 11.4.